The summed E-state index contributed by atoms with van der Waals surface area (Å²) in [5.41, 5.74) is 1.87. The number of rotatable bonds is 7. The summed E-state index contributed by atoms with van der Waals surface area (Å²) in [4.78, 5) is 4.63. The van der Waals surface area contributed by atoms with Crippen molar-refractivity contribution in [1.82, 2.24) is 9.55 Å². The van der Waals surface area contributed by atoms with Gasteiger partial charge in [0, 0.05) is 28.9 Å². The summed E-state index contributed by atoms with van der Waals surface area (Å²) in [6.45, 7) is 4.67. The molecule has 2 atom stereocenters. The fraction of sp³-hybridized carbons (Fsp3) is 0.533. The van der Waals surface area contributed by atoms with E-state index in [9.17, 15) is 4.21 Å². The number of fused-ring (bicyclic) bond motifs is 1. The SMILES string of the molecule is CCOc1cccc2c1nc(CCl)n2C(C)CCS(C)=O. The molecule has 0 spiro atoms. The topological polar surface area (TPSA) is 44.1 Å². The van der Waals surface area contributed by atoms with Crippen molar-refractivity contribution in [2.24, 2.45) is 0 Å². The maximum absolute atomic E-state index is 11.3. The lowest BCUT2D eigenvalue weighted by Gasteiger charge is -2.16. The highest BCUT2D eigenvalue weighted by Crippen LogP contribution is 2.30. The van der Waals surface area contributed by atoms with Gasteiger partial charge in [0.15, 0.2) is 0 Å². The van der Waals surface area contributed by atoms with Crippen molar-refractivity contribution in [3.63, 3.8) is 0 Å². The van der Waals surface area contributed by atoms with Crippen LogP contribution in [0.4, 0.5) is 0 Å². The van der Waals surface area contributed by atoms with Crippen molar-refractivity contribution < 1.29 is 8.95 Å². The number of halogens is 1. The molecular weight excluding hydrogens is 308 g/mol. The average Bonchev–Trinajstić information content (AvgIpc) is 2.84. The van der Waals surface area contributed by atoms with Gasteiger partial charge in [-0.3, -0.25) is 4.21 Å². The van der Waals surface area contributed by atoms with E-state index in [1.807, 2.05) is 25.1 Å². The van der Waals surface area contributed by atoms with Gasteiger partial charge in [0.2, 0.25) is 0 Å². The number of para-hydroxylation sites is 1. The van der Waals surface area contributed by atoms with Crippen LogP contribution in [-0.2, 0) is 16.7 Å². The molecule has 21 heavy (non-hydrogen) atoms. The van der Waals surface area contributed by atoms with Crippen LogP contribution in [0.3, 0.4) is 0 Å². The Hall–Kier alpha value is -1.07. The van der Waals surface area contributed by atoms with Crippen LogP contribution in [0.2, 0.25) is 0 Å². The summed E-state index contributed by atoms with van der Waals surface area (Å²) in [5, 5.41) is 0. The summed E-state index contributed by atoms with van der Waals surface area (Å²) in [7, 11) is -0.789. The monoisotopic (exact) mass is 328 g/mol. The molecule has 1 heterocycles. The van der Waals surface area contributed by atoms with Gasteiger partial charge in [-0.15, -0.1) is 11.6 Å². The highest BCUT2D eigenvalue weighted by Gasteiger charge is 2.18. The van der Waals surface area contributed by atoms with Gasteiger partial charge in [0.25, 0.3) is 0 Å². The van der Waals surface area contributed by atoms with Gasteiger partial charge in [-0.05, 0) is 32.4 Å². The first-order valence-electron chi connectivity index (χ1n) is 7.07. The molecule has 0 aliphatic carbocycles. The number of ether oxygens (including phenoxy) is 1. The normalized spacial score (nSPS) is 14.3. The van der Waals surface area contributed by atoms with Crippen molar-refractivity contribution in [2.45, 2.75) is 32.2 Å². The highest BCUT2D eigenvalue weighted by molar-refractivity contribution is 7.84. The number of nitrogens with zero attached hydrogens (tertiary/aromatic N) is 2. The molecule has 116 valence electrons. The van der Waals surface area contributed by atoms with Gasteiger partial charge in [-0.25, -0.2) is 4.98 Å². The van der Waals surface area contributed by atoms with Gasteiger partial charge in [0.05, 0.1) is 18.0 Å². The Morgan fingerprint density at radius 3 is 2.86 bits per heavy atom. The second-order valence-corrected chi connectivity index (χ2v) is 6.83. The molecule has 0 saturated heterocycles. The molecule has 2 unspecified atom stereocenters. The standard InChI is InChI=1S/C15H21ClN2O2S/c1-4-20-13-7-5-6-12-15(13)17-14(10-16)18(12)11(2)8-9-21(3)19/h5-7,11H,4,8-10H2,1-3H3. The Kier molecular flexibility index (Phi) is 5.65. The largest absolute Gasteiger partial charge is 0.492 e. The number of aromatic nitrogens is 2. The first-order valence-corrected chi connectivity index (χ1v) is 9.33. The third-order valence-corrected chi connectivity index (χ3v) is 4.49. The highest BCUT2D eigenvalue weighted by atomic mass is 35.5. The third kappa shape index (κ3) is 3.58. The van der Waals surface area contributed by atoms with Crippen LogP contribution in [0.1, 0.15) is 32.1 Å². The zero-order valence-electron chi connectivity index (χ0n) is 12.6. The minimum Gasteiger partial charge on any atom is -0.492 e. The third-order valence-electron chi connectivity index (χ3n) is 3.44. The molecule has 0 N–H and O–H groups in total. The van der Waals surface area contributed by atoms with Crippen molar-refractivity contribution in [3.8, 4) is 5.75 Å². The Morgan fingerprint density at radius 2 is 2.24 bits per heavy atom. The lowest BCUT2D eigenvalue weighted by molar-refractivity contribution is 0.343. The molecule has 0 aliphatic heterocycles. The molecule has 4 nitrogen and oxygen atoms in total. The number of imidazole rings is 1. The molecular formula is C15H21ClN2O2S. The molecule has 0 amide bonds. The zero-order chi connectivity index (χ0) is 15.4. The zero-order valence-corrected chi connectivity index (χ0v) is 14.2. The molecule has 0 saturated carbocycles. The van der Waals surface area contributed by atoms with E-state index in [1.165, 1.54) is 0 Å². The maximum Gasteiger partial charge on any atom is 0.147 e. The number of hydrogen-bond acceptors (Lipinski definition) is 3. The van der Waals surface area contributed by atoms with E-state index in [-0.39, 0.29) is 6.04 Å². The summed E-state index contributed by atoms with van der Waals surface area (Å²) in [6.07, 6.45) is 2.56. The predicted molar refractivity (Wildman–Crippen MR) is 88.7 cm³/mol. The van der Waals surface area contributed by atoms with Crippen LogP contribution < -0.4 is 4.74 Å². The molecule has 6 heteroatoms. The van der Waals surface area contributed by atoms with E-state index >= 15 is 0 Å². The summed E-state index contributed by atoms with van der Waals surface area (Å²) >= 11 is 6.06. The van der Waals surface area contributed by atoms with E-state index in [0.29, 0.717) is 18.2 Å². The lowest BCUT2D eigenvalue weighted by Crippen LogP contribution is -2.11. The van der Waals surface area contributed by atoms with Crippen LogP contribution in [0.15, 0.2) is 18.2 Å². The van der Waals surface area contributed by atoms with Crippen molar-refractivity contribution in [2.75, 3.05) is 18.6 Å². The Morgan fingerprint density at radius 1 is 1.48 bits per heavy atom. The molecule has 1 aromatic carbocycles. The Bertz CT molecular complexity index is 642. The fourth-order valence-corrected chi connectivity index (χ4v) is 3.32. The quantitative estimate of drug-likeness (QED) is 0.731. The summed E-state index contributed by atoms with van der Waals surface area (Å²) < 4.78 is 19.1. The summed E-state index contributed by atoms with van der Waals surface area (Å²) in [6, 6.07) is 6.12. The molecule has 0 aliphatic rings. The van der Waals surface area contributed by atoms with Gasteiger partial charge in [0.1, 0.15) is 17.1 Å². The van der Waals surface area contributed by atoms with Crippen molar-refractivity contribution in [1.29, 1.82) is 0 Å². The lowest BCUT2D eigenvalue weighted by atomic mass is 10.2. The minimum absolute atomic E-state index is 0.199. The van der Waals surface area contributed by atoms with Gasteiger partial charge >= 0.3 is 0 Å². The van der Waals surface area contributed by atoms with E-state index in [0.717, 1.165) is 29.0 Å². The maximum atomic E-state index is 11.3. The summed E-state index contributed by atoms with van der Waals surface area (Å²) in [5.74, 6) is 2.63. The second-order valence-electron chi connectivity index (χ2n) is 5.00. The molecule has 2 rings (SSSR count). The minimum atomic E-state index is -0.789. The number of alkyl halides is 1. The van der Waals surface area contributed by atoms with Crippen LogP contribution in [0.5, 0.6) is 5.75 Å². The Labute approximate surface area is 132 Å². The predicted octanol–water partition coefficient (Wildman–Crippen LogP) is 3.50. The second kappa shape index (κ2) is 7.27. The molecule has 0 bridgehead atoms. The smallest absolute Gasteiger partial charge is 0.147 e. The Balaban J connectivity index is 2.46. The first-order chi connectivity index (χ1) is 10.1. The number of hydrogen-bond donors (Lipinski definition) is 0. The van der Waals surface area contributed by atoms with Crippen LogP contribution in [-0.4, -0.2) is 32.4 Å². The molecule has 0 radical (unpaired) electrons. The first kappa shape index (κ1) is 16.3. The van der Waals surface area contributed by atoms with Gasteiger partial charge in [-0.1, -0.05) is 6.07 Å². The molecule has 2 aromatic rings. The van der Waals surface area contributed by atoms with Crippen LogP contribution >= 0.6 is 11.6 Å². The number of benzene rings is 1. The van der Waals surface area contributed by atoms with Crippen molar-refractivity contribution in [3.05, 3.63) is 24.0 Å². The van der Waals surface area contributed by atoms with Crippen molar-refractivity contribution >= 4 is 33.4 Å². The van der Waals surface area contributed by atoms with Gasteiger partial charge < -0.3 is 9.30 Å². The average molecular weight is 329 g/mol. The van der Waals surface area contributed by atoms with E-state index in [1.54, 1.807) is 6.26 Å². The van der Waals surface area contributed by atoms with E-state index in [4.69, 9.17) is 16.3 Å². The van der Waals surface area contributed by atoms with E-state index in [2.05, 4.69) is 16.5 Å². The molecule has 0 fully saturated rings. The van der Waals surface area contributed by atoms with Crippen LogP contribution in [0.25, 0.3) is 11.0 Å². The fourth-order valence-electron chi connectivity index (χ4n) is 2.46. The van der Waals surface area contributed by atoms with Crippen LogP contribution in [0, 0.1) is 0 Å². The van der Waals surface area contributed by atoms with Gasteiger partial charge in [-0.2, -0.15) is 0 Å². The molecule has 1 aromatic heterocycles. The van der Waals surface area contributed by atoms with E-state index < -0.39 is 10.8 Å².